The van der Waals surface area contributed by atoms with E-state index >= 15 is 0 Å². The summed E-state index contributed by atoms with van der Waals surface area (Å²) in [7, 11) is 1.65. The fraction of sp³-hybridized carbons (Fsp3) is 0.600. The molecule has 1 N–H and O–H groups in total. The van der Waals surface area contributed by atoms with Gasteiger partial charge >= 0.3 is 0 Å². The normalized spacial score (nSPS) is 25.1. The lowest BCUT2D eigenvalue weighted by Gasteiger charge is -2.36. The van der Waals surface area contributed by atoms with E-state index in [-0.39, 0.29) is 0 Å². The second kappa shape index (κ2) is 5.61. The minimum absolute atomic E-state index is 0.362. The molecule has 1 aliphatic rings. The molecule has 1 heterocycles. The van der Waals surface area contributed by atoms with Crippen molar-refractivity contribution in [3.63, 3.8) is 0 Å². The molecular formula is C15H23NO2. The van der Waals surface area contributed by atoms with Crippen LogP contribution in [0.2, 0.25) is 0 Å². The number of likely N-dealkylation sites (tertiary alicyclic amines) is 1. The number of hydrogen-bond acceptors (Lipinski definition) is 3. The summed E-state index contributed by atoms with van der Waals surface area (Å²) >= 11 is 0. The monoisotopic (exact) mass is 249 g/mol. The molecule has 18 heavy (non-hydrogen) atoms. The Hall–Kier alpha value is -1.22. The predicted molar refractivity (Wildman–Crippen MR) is 72.9 cm³/mol. The van der Waals surface area contributed by atoms with Gasteiger partial charge in [0.15, 0.2) is 0 Å². The number of phenols is 1. The summed E-state index contributed by atoms with van der Waals surface area (Å²) < 4.78 is 5.22. The lowest BCUT2D eigenvalue weighted by Crippen LogP contribution is -2.40. The first-order chi connectivity index (χ1) is 8.60. The zero-order valence-electron chi connectivity index (χ0n) is 11.5. The number of nitrogens with zero attached hydrogens (tertiary/aromatic N) is 1. The highest BCUT2D eigenvalue weighted by atomic mass is 16.5. The van der Waals surface area contributed by atoms with Crippen LogP contribution in [0.4, 0.5) is 0 Å². The van der Waals surface area contributed by atoms with Crippen LogP contribution in [0, 0.1) is 5.92 Å². The Balaban J connectivity index is 2.12. The Labute approximate surface area is 109 Å². The molecule has 1 aromatic rings. The highest BCUT2D eigenvalue weighted by Gasteiger charge is 2.23. The van der Waals surface area contributed by atoms with Crippen LogP contribution in [-0.4, -0.2) is 29.7 Å². The van der Waals surface area contributed by atoms with E-state index in [1.807, 2.05) is 6.07 Å². The van der Waals surface area contributed by atoms with Crippen molar-refractivity contribution in [3.05, 3.63) is 23.8 Å². The molecule has 1 saturated heterocycles. The molecule has 0 radical (unpaired) electrons. The molecule has 0 aliphatic carbocycles. The van der Waals surface area contributed by atoms with Gasteiger partial charge in [0.2, 0.25) is 0 Å². The molecule has 0 aromatic heterocycles. The Morgan fingerprint density at radius 1 is 1.33 bits per heavy atom. The number of phenolic OH excluding ortho intramolecular Hbond substituents is 1. The van der Waals surface area contributed by atoms with Crippen LogP contribution in [0.15, 0.2) is 18.2 Å². The zero-order valence-corrected chi connectivity index (χ0v) is 11.5. The zero-order chi connectivity index (χ0) is 13.1. The van der Waals surface area contributed by atoms with Crippen LogP contribution in [-0.2, 0) is 6.54 Å². The number of ether oxygens (including phenoxy) is 1. The minimum atomic E-state index is 0.362. The predicted octanol–water partition coefficient (Wildman–Crippen LogP) is 3.02. The largest absolute Gasteiger partial charge is 0.508 e. The molecule has 1 aromatic carbocycles. The summed E-state index contributed by atoms with van der Waals surface area (Å²) in [5.41, 5.74) is 0.954. The summed E-state index contributed by atoms with van der Waals surface area (Å²) in [5, 5.41) is 9.93. The van der Waals surface area contributed by atoms with Crippen LogP contribution in [0.1, 0.15) is 32.3 Å². The molecule has 1 fully saturated rings. The van der Waals surface area contributed by atoms with Crippen LogP contribution in [0.5, 0.6) is 11.5 Å². The fourth-order valence-electron chi connectivity index (χ4n) is 2.63. The highest BCUT2D eigenvalue weighted by molar-refractivity contribution is 5.39. The SMILES string of the molecule is COc1ccc(O)c(CN2CC(C)CCC2C)c1. The van der Waals surface area contributed by atoms with Crippen molar-refractivity contribution < 1.29 is 9.84 Å². The van der Waals surface area contributed by atoms with Crippen molar-refractivity contribution in [2.45, 2.75) is 39.3 Å². The van der Waals surface area contributed by atoms with Crippen LogP contribution < -0.4 is 4.74 Å². The summed E-state index contributed by atoms with van der Waals surface area (Å²) in [6.07, 6.45) is 2.55. The van der Waals surface area contributed by atoms with E-state index in [2.05, 4.69) is 18.7 Å². The molecule has 3 nitrogen and oxygen atoms in total. The minimum Gasteiger partial charge on any atom is -0.508 e. The lowest BCUT2D eigenvalue weighted by molar-refractivity contribution is 0.116. The molecule has 2 atom stereocenters. The first kappa shape index (κ1) is 13.2. The third-order valence-corrected chi connectivity index (χ3v) is 3.91. The maximum Gasteiger partial charge on any atom is 0.120 e. The van der Waals surface area contributed by atoms with E-state index in [0.29, 0.717) is 11.8 Å². The average molecular weight is 249 g/mol. The number of piperidine rings is 1. The number of rotatable bonds is 3. The second-order valence-corrected chi connectivity index (χ2v) is 5.46. The fourth-order valence-corrected chi connectivity index (χ4v) is 2.63. The Morgan fingerprint density at radius 3 is 2.83 bits per heavy atom. The quantitative estimate of drug-likeness (QED) is 0.893. The van der Waals surface area contributed by atoms with Crippen LogP contribution >= 0.6 is 0 Å². The van der Waals surface area contributed by atoms with Crippen molar-refractivity contribution in [2.75, 3.05) is 13.7 Å². The Bertz CT molecular complexity index is 405. The summed E-state index contributed by atoms with van der Waals surface area (Å²) in [6, 6.07) is 6.03. The van der Waals surface area contributed by atoms with Gasteiger partial charge in [0.1, 0.15) is 11.5 Å². The van der Waals surface area contributed by atoms with Gasteiger partial charge in [-0.25, -0.2) is 0 Å². The molecule has 3 heteroatoms. The van der Waals surface area contributed by atoms with E-state index in [0.717, 1.165) is 30.3 Å². The van der Waals surface area contributed by atoms with Gasteiger partial charge in [0.25, 0.3) is 0 Å². The molecule has 0 amide bonds. The van der Waals surface area contributed by atoms with Gasteiger partial charge in [0.05, 0.1) is 7.11 Å². The Kier molecular flexibility index (Phi) is 4.12. The maximum atomic E-state index is 9.93. The van der Waals surface area contributed by atoms with E-state index < -0.39 is 0 Å². The molecule has 100 valence electrons. The number of aromatic hydroxyl groups is 1. The van der Waals surface area contributed by atoms with Gasteiger partial charge in [-0.15, -0.1) is 0 Å². The summed E-state index contributed by atoms with van der Waals surface area (Å²) in [5.74, 6) is 1.91. The smallest absolute Gasteiger partial charge is 0.120 e. The first-order valence-corrected chi connectivity index (χ1v) is 6.70. The molecule has 0 bridgehead atoms. The van der Waals surface area contributed by atoms with Crippen molar-refractivity contribution >= 4 is 0 Å². The average Bonchev–Trinajstić information content (AvgIpc) is 2.36. The molecule has 1 aliphatic heterocycles. The van der Waals surface area contributed by atoms with Crippen LogP contribution in [0.3, 0.4) is 0 Å². The van der Waals surface area contributed by atoms with Crippen molar-refractivity contribution in [1.29, 1.82) is 0 Å². The molecule has 0 saturated carbocycles. The number of benzene rings is 1. The third kappa shape index (κ3) is 2.96. The Morgan fingerprint density at radius 2 is 2.11 bits per heavy atom. The maximum absolute atomic E-state index is 9.93. The first-order valence-electron chi connectivity index (χ1n) is 6.70. The molecular weight excluding hydrogens is 226 g/mol. The van der Waals surface area contributed by atoms with Gasteiger partial charge in [-0.2, -0.15) is 0 Å². The standard InChI is InChI=1S/C15H23NO2/c1-11-4-5-12(2)16(9-11)10-13-8-14(18-3)6-7-15(13)17/h6-8,11-12,17H,4-5,9-10H2,1-3H3. The second-order valence-electron chi connectivity index (χ2n) is 5.46. The van der Waals surface area contributed by atoms with Crippen molar-refractivity contribution in [2.24, 2.45) is 5.92 Å². The highest BCUT2D eigenvalue weighted by Crippen LogP contribution is 2.28. The number of methoxy groups -OCH3 is 1. The van der Waals surface area contributed by atoms with Crippen molar-refractivity contribution in [3.8, 4) is 11.5 Å². The van der Waals surface area contributed by atoms with Crippen LogP contribution in [0.25, 0.3) is 0 Å². The van der Waals surface area contributed by atoms with Gasteiger partial charge < -0.3 is 9.84 Å². The van der Waals surface area contributed by atoms with Crippen molar-refractivity contribution in [1.82, 2.24) is 4.90 Å². The van der Waals surface area contributed by atoms with Gasteiger partial charge in [-0.1, -0.05) is 6.92 Å². The number of hydrogen-bond donors (Lipinski definition) is 1. The van der Waals surface area contributed by atoms with E-state index in [9.17, 15) is 5.11 Å². The van der Waals surface area contributed by atoms with Gasteiger partial charge in [0, 0.05) is 24.7 Å². The third-order valence-electron chi connectivity index (χ3n) is 3.91. The van der Waals surface area contributed by atoms with E-state index in [1.54, 1.807) is 19.2 Å². The topological polar surface area (TPSA) is 32.7 Å². The molecule has 0 spiro atoms. The summed E-state index contributed by atoms with van der Waals surface area (Å²) in [6.45, 7) is 6.47. The van der Waals surface area contributed by atoms with Gasteiger partial charge in [-0.3, -0.25) is 4.90 Å². The van der Waals surface area contributed by atoms with E-state index in [4.69, 9.17) is 4.74 Å². The van der Waals surface area contributed by atoms with E-state index in [1.165, 1.54) is 12.8 Å². The van der Waals surface area contributed by atoms with Gasteiger partial charge in [-0.05, 0) is 43.9 Å². The summed E-state index contributed by atoms with van der Waals surface area (Å²) in [4.78, 5) is 2.45. The molecule has 2 rings (SSSR count). The molecule has 2 unspecified atom stereocenters. The lowest BCUT2D eigenvalue weighted by atomic mass is 9.94.